The average molecular weight is 434 g/mol. The van der Waals surface area contributed by atoms with Crippen molar-refractivity contribution in [2.45, 2.75) is 12.8 Å². The molecule has 0 amide bonds. The second-order valence-electron chi connectivity index (χ2n) is 6.97. The van der Waals surface area contributed by atoms with E-state index in [4.69, 9.17) is 24.7 Å². The van der Waals surface area contributed by atoms with Crippen LogP contribution in [0, 0.1) is 11.3 Å². The molecule has 9 nitrogen and oxygen atoms in total. The molecule has 4 rings (SSSR count). The van der Waals surface area contributed by atoms with E-state index in [1.165, 1.54) is 13.2 Å². The van der Waals surface area contributed by atoms with Crippen LogP contribution >= 0.6 is 0 Å². The minimum atomic E-state index is -0.593. The lowest BCUT2D eigenvalue weighted by Crippen LogP contribution is -2.21. The number of aromatic amines is 1. The van der Waals surface area contributed by atoms with E-state index in [2.05, 4.69) is 16.3 Å². The van der Waals surface area contributed by atoms with E-state index in [9.17, 15) is 10.4 Å². The Labute approximate surface area is 184 Å². The summed E-state index contributed by atoms with van der Waals surface area (Å²) in [5.74, 6) is 1.08. The lowest BCUT2D eigenvalue weighted by Gasteiger charge is -2.24. The number of H-pyrrole nitrogens is 1. The third-order valence-corrected chi connectivity index (χ3v) is 5.23. The molecular weight excluding hydrogens is 412 g/mol. The molecule has 0 spiro atoms. The zero-order chi connectivity index (χ0) is 22.8. The Kier molecular flexibility index (Phi) is 5.52. The van der Waals surface area contributed by atoms with Crippen molar-refractivity contribution in [2.24, 2.45) is 5.73 Å². The second kappa shape index (κ2) is 8.43. The molecule has 9 heteroatoms. The number of aromatic nitrogens is 2. The van der Waals surface area contributed by atoms with Gasteiger partial charge in [0.1, 0.15) is 11.6 Å². The highest BCUT2D eigenvalue weighted by Crippen LogP contribution is 2.47. The van der Waals surface area contributed by atoms with Crippen LogP contribution in [0.2, 0.25) is 0 Å². The predicted molar refractivity (Wildman–Crippen MR) is 116 cm³/mol. The number of hydrogen-bond acceptors (Lipinski definition) is 8. The van der Waals surface area contributed by atoms with Crippen LogP contribution in [0.15, 0.2) is 47.9 Å². The topological polar surface area (TPSA) is 136 Å². The van der Waals surface area contributed by atoms with Gasteiger partial charge in [-0.1, -0.05) is 6.07 Å². The van der Waals surface area contributed by atoms with Gasteiger partial charge in [-0.25, -0.2) is 0 Å². The Bertz CT molecular complexity index is 1240. The molecule has 1 atom stereocenters. The van der Waals surface area contributed by atoms with Gasteiger partial charge in [0, 0.05) is 5.56 Å². The molecule has 32 heavy (non-hydrogen) atoms. The largest absolute Gasteiger partial charge is 0.504 e. The zero-order valence-corrected chi connectivity index (χ0v) is 17.8. The number of methoxy groups -OCH3 is 2. The fourth-order valence-corrected chi connectivity index (χ4v) is 3.77. The van der Waals surface area contributed by atoms with Gasteiger partial charge in [0.25, 0.3) is 0 Å². The van der Waals surface area contributed by atoms with Crippen molar-refractivity contribution >= 4 is 0 Å². The summed E-state index contributed by atoms with van der Waals surface area (Å²) in [7, 11) is 3.02. The molecule has 0 bridgehead atoms. The molecule has 3 aromatic rings. The number of fused-ring (bicyclic) bond motifs is 1. The number of hydrogen-bond donors (Lipinski definition) is 3. The number of nitrogens with one attached hydrogen (secondary N) is 1. The third kappa shape index (κ3) is 3.41. The number of ether oxygens (including phenoxy) is 4. The number of nitrogens with zero attached hydrogens (tertiary/aromatic N) is 2. The highest BCUT2D eigenvalue weighted by atomic mass is 16.5. The maximum Gasteiger partial charge on any atom is 0.244 e. The van der Waals surface area contributed by atoms with Crippen LogP contribution in [0.3, 0.4) is 0 Å². The standard InChI is InChI=1S/C23H22N4O5/c1-4-31-16-8-6-13(10-18(16)30-3)21-20-19(12-5-7-15(28)17(9-12)29-2)14(11-24)22(25)32-23(20)27-26-21/h5-10,19,28H,4,25H2,1-3H3,(H,26,27)/t19-/m1/s1. The molecule has 2 heterocycles. The van der Waals surface area contributed by atoms with E-state index < -0.39 is 5.92 Å². The van der Waals surface area contributed by atoms with Crippen LogP contribution in [-0.2, 0) is 0 Å². The van der Waals surface area contributed by atoms with Crippen molar-refractivity contribution in [1.82, 2.24) is 10.2 Å². The van der Waals surface area contributed by atoms with Crippen molar-refractivity contribution in [2.75, 3.05) is 20.8 Å². The molecular formula is C23H22N4O5. The Morgan fingerprint density at radius 1 is 1.16 bits per heavy atom. The molecule has 2 aromatic carbocycles. The summed E-state index contributed by atoms with van der Waals surface area (Å²) in [5.41, 5.74) is 8.99. The number of aromatic hydroxyl groups is 1. The van der Waals surface area contributed by atoms with Crippen molar-refractivity contribution in [3.05, 3.63) is 59.0 Å². The summed E-state index contributed by atoms with van der Waals surface area (Å²) in [6, 6.07) is 12.5. The fraction of sp³-hybridized carbons (Fsp3) is 0.217. The normalized spacial score (nSPS) is 14.9. The molecule has 0 radical (unpaired) electrons. The number of nitriles is 1. The van der Waals surface area contributed by atoms with Crippen molar-refractivity contribution in [1.29, 1.82) is 5.26 Å². The molecule has 1 aliphatic rings. The second-order valence-corrected chi connectivity index (χ2v) is 6.97. The Hall–Kier alpha value is -4.32. The fourth-order valence-electron chi connectivity index (χ4n) is 3.77. The smallest absolute Gasteiger partial charge is 0.244 e. The van der Waals surface area contributed by atoms with Crippen LogP contribution in [-0.4, -0.2) is 36.1 Å². The van der Waals surface area contributed by atoms with Crippen molar-refractivity contribution < 1.29 is 24.1 Å². The molecule has 0 aliphatic carbocycles. The first kappa shape index (κ1) is 20.9. The van der Waals surface area contributed by atoms with Crippen LogP contribution in [0.4, 0.5) is 0 Å². The van der Waals surface area contributed by atoms with E-state index in [-0.39, 0.29) is 28.8 Å². The van der Waals surface area contributed by atoms with Gasteiger partial charge in [-0.15, -0.1) is 5.10 Å². The van der Waals surface area contributed by atoms with E-state index >= 15 is 0 Å². The number of phenolic OH excluding ortho intramolecular Hbond substituents is 1. The van der Waals surface area contributed by atoms with E-state index in [1.807, 2.05) is 25.1 Å². The third-order valence-electron chi connectivity index (χ3n) is 5.23. The summed E-state index contributed by atoms with van der Waals surface area (Å²) in [5, 5.41) is 27.2. The number of rotatable bonds is 6. The zero-order valence-electron chi connectivity index (χ0n) is 17.8. The van der Waals surface area contributed by atoms with Crippen LogP contribution in [0.25, 0.3) is 11.3 Å². The number of benzene rings is 2. The van der Waals surface area contributed by atoms with Gasteiger partial charge in [0.05, 0.1) is 38.0 Å². The Morgan fingerprint density at radius 3 is 2.62 bits per heavy atom. The quantitative estimate of drug-likeness (QED) is 0.537. The molecule has 4 N–H and O–H groups in total. The summed E-state index contributed by atoms with van der Waals surface area (Å²) in [6.45, 7) is 2.40. The maximum atomic E-state index is 10.0. The van der Waals surface area contributed by atoms with E-state index in [0.717, 1.165) is 5.56 Å². The average Bonchev–Trinajstić information content (AvgIpc) is 3.22. The lowest BCUT2D eigenvalue weighted by atomic mass is 9.83. The first-order valence-corrected chi connectivity index (χ1v) is 9.86. The molecule has 164 valence electrons. The minimum Gasteiger partial charge on any atom is -0.504 e. The summed E-state index contributed by atoms with van der Waals surface area (Å²) < 4.78 is 22.0. The molecule has 0 unspecified atom stereocenters. The highest BCUT2D eigenvalue weighted by Gasteiger charge is 2.36. The predicted octanol–water partition coefficient (Wildman–Crippen LogP) is 3.42. The first-order valence-electron chi connectivity index (χ1n) is 9.86. The van der Waals surface area contributed by atoms with Crippen LogP contribution in [0.1, 0.15) is 24.0 Å². The number of nitrogens with two attached hydrogens (primary N) is 1. The summed E-state index contributed by atoms with van der Waals surface area (Å²) in [4.78, 5) is 0. The van der Waals surface area contributed by atoms with Gasteiger partial charge in [-0.05, 0) is 42.8 Å². The monoisotopic (exact) mass is 434 g/mol. The number of allylic oxidation sites excluding steroid dienone is 1. The van der Waals surface area contributed by atoms with Crippen LogP contribution < -0.4 is 24.7 Å². The van der Waals surface area contributed by atoms with Gasteiger partial charge < -0.3 is 29.8 Å². The molecule has 0 saturated heterocycles. The van der Waals surface area contributed by atoms with E-state index in [0.29, 0.717) is 34.9 Å². The lowest BCUT2D eigenvalue weighted by molar-refractivity contribution is 0.311. The molecule has 1 aliphatic heterocycles. The number of phenols is 1. The van der Waals surface area contributed by atoms with Gasteiger partial charge >= 0.3 is 0 Å². The maximum absolute atomic E-state index is 10.0. The van der Waals surface area contributed by atoms with E-state index in [1.54, 1.807) is 19.2 Å². The Balaban J connectivity index is 1.91. The van der Waals surface area contributed by atoms with Gasteiger partial charge in [-0.3, -0.25) is 5.10 Å². The SMILES string of the molecule is CCOc1ccc(-c2[nH]nc3c2[C@H](c2ccc(O)c(OC)c2)C(C#N)=C(N)O3)cc1OC. The van der Waals surface area contributed by atoms with Gasteiger partial charge in [0.2, 0.25) is 11.8 Å². The first-order chi connectivity index (χ1) is 15.5. The Morgan fingerprint density at radius 2 is 1.94 bits per heavy atom. The van der Waals surface area contributed by atoms with Crippen molar-refractivity contribution in [3.8, 4) is 46.2 Å². The summed E-state index contributed by atoms with van der Waals surface area (Å²) >= 11 is 0. The summed E-state index contributed by atoms with van der Waals surface area (Å²) in [6.07, 6.45) is 0. The van der Waals surface area contributed by atoms with Crippen molar-refractivity contribution in [3.63, 3.8) is 0 Å². The van der Waals surface area contributed by atoms with Gasteiger partial charge in [-0.2, -0.15) is 5.26 Å². The minimum absolute atomic E-state index is 0.0114. The molecule has 0 saturated carbocycles. The molecule has 0 fully saturated rings. The highest BCUT2D eigenvalue weighted by molar-refractivity contribution is 5.73. The van der Waals surface area contributed by atoms with Crippen LogP contribution in [0.5, 0.6) is 28.9 Å². The van der Waals surface area contributed by atoms with Gasteiger partial charge in [0.15, 0.2) is 23.0 Å². The molecule has 1 aromatic heterocycles.